The lowest BCUT2D eigenvalue weighted by Crippen LogP contribution is -2.31. The van der Waals surface area contributed by atoms with Crippen molar-refractivity contribution in [2.24, 2.45) is 0 Å². The fourth-order valence-electron chi connectivity index (χ4n) is 5.29. The van der Waals surface area contributed by atoms with Gasteiger partial charge in [0.15, 0.2) is 23.1 Å². The molecule has 0 amide bonds. The average molecular weight is 686 g/mol. The fourth-order valence-corrected chi connectivity index (χ4v) is 5.29. The van der Waals surface area contributed by atoms with E-state index in [1.165, 1.54) is 4.90 Å². The Hall–Kier alpha value is -4.60. The van der Waals surface area contributed by atoms with Crippen LogP contribution in [0.5, 0.6) is 17.2 Å². The summed E-state index contributed by atoms with van der Waals surface area (Å²) in [6.07, 6.45) is -4.82. The molecule has 12 nitrogen and oxygen atoms in total. The Morgan fingerprint density at radius 1 is 1.04 bits per heavy atom. The maximum atomic E-state index is 15.5. The van der Waals surface area contributed by atoms with Crippen LogP contribution in [-0.2, 0) is 26.3 Å². The van der Waals surface area contributed by atoms with E-state index in [1.807, 2.05) is 25.7 Å². The van der Waals surface area contributed by atoms with Gasteiger partial charge in [0.05, 0.1) is 37.1 Å². The van der Waals surface area contributed by atoms with Gasteiger partial charge in [0.25, 0.3) is 0 Å². The second kappa shape index (κ2) is 15.1. The van der Waals surface area contributed by atoms with Gasteiger partial charge < -0.3 is 39.3 Å². The van der Waals surface area contributed by atoms with Gasteiger partial charge in [0.2, 0.25) is 0 Å². The highest BCUT2D eigenvalue weighted by Gasteiger charge is 2.38. The number of ketones is 1. The zero-order valence-corrected chi connectivity index (χ0v) is 27.2. The first kappa shape index (κ1) is 37.9. The highest BCUT2D eigenvalue weighted by Crippen LogP contribution is 2.42. The predicted molar refractivity (Wildman–Crippen MR) is 165 cm³/mol. The van der Waals surface area contributed by atoms with E-state index in [2.05, 4.69) is 0 Å². The summed E-state index contributed by atoms with van der Waals surface area (Å²) in [5.41, 5.74) is 1.55. The Kier molecular flexibility index (Phi) is 11.9. The summed E-state index contributed by atoms with van der Waals surface area (Å²) in [6.45, 7) is 10.4. The maximum absolute atomic E-state index is 15.5. The molecule has 1 unspecified atom stereocenters. The van der Waals surface area contributed by atoms with Gasteiger partial charge in [-0.15, -0.1) is 0 Å². The maximum Gasteiger partial charge on any atom is 0.490 e. The molecule has 1 fully saturated rings. The number of ether oxygens (including phenoxy) is 3. The summed E-state index contributed by atoms with van der Waals surface area (Å²) in [5, 5.41) is 35.9. The van der Waals surface area contributed by atoms with Gasteiger partial charge in [0, 0.05) is 30.8 Å². The summed E-state index contributed by atoms with van der Waals surface area (Å²) in [5.74, 6) is -4.60. The molecule has 48 heavy (non-hydrogen) atoms. The number of carbonyl (C=O) groups is 3. The first-order valence-electron chi connectivity index (χ1n) is 15.0. The van der Waals surface area contributed by atoms with Crippen molar-refractivity contribution < 1.29 is 61.5 Å². The van der Waals surface area contributed by atoms with Crippen LogP contribution in [0, 0.1) is 11.2 Å². The number of amidine groups is 1. The molecule has 264 valence electrons. The summed E-state index contributed by atoms with van der Waals surface area (Å²) in [4.78, 5) is 36.9. The smallest absolute Gasteiger partial charge is 0.490 e. The van der Waals surface area contributed by atoms with Gasteiger partial charge in [0.1, 0.15) is 18.2 Å². The molecule has 2 aliphatic rings. The molecule has 0 aliphatic carbocycles. The quantitative estimate of drug-likeness (QED) is 0.186. The summed E-state index contributed by atoms with van der Waals surface area (Å²) >= 11 is 0. The number of carboxylic acid groups (broad SMARTS) is 2. The van der Waals surface area contributed by atoms with Gasteiger partial charge in [-0.05, 0) is 49.4 Å². The molecule has 4 N–H and O–H groups in total. The number of aromatic hydroxyl groups is 1. The van der Waals surface area contributed by atoms with E-state index >= 15 is 4.39 Å². The van der Waals surface area contributed by atoms with Crippen LogP contribution in [0.15, 0.2) is 18.2 Å². The largest absolute Gasteiger partial charge is 0.505 e. The molecular weight excluding hydrogens is 646 g/mol. The Morgan fingerprint density at radius 3 is 2.21 bits per heavy atom. The van der Waals surface area contributed by atoms with Crippen LogP contribution in [-0.4, -0.2) is 95.5 Å². The van der Waals surface area contributed by atoms with Crippen LogP contribution in [0.25, 0.3) is 0 Å². The molecule has 0 saturated carbocycles. The normalized spacial score (nSPS) is 15.9. The Balaban J connectivity index is 0.000000804. The standard InChI is InChI=1S/C30H38FN3O7.C2HF3O2/c1-6-39-23-12-18-13-34(29(32)25(18)26(31)28(23)40-7-2)15-22(35)17-10-20(30(3,4)5)27(38)21(11-17)33-9-8-19(14-33)41-16-24(36)37;3-2(4,5)1(6)7/h10-12,19,32,38H,6-9,13-16H2,1-5H3,(H,36,37);(H,6,7). The third-order valence-corrected chi connectivity index (χ3v) is 7.50. The number of carbonyl (C=O) groups excluding carboxylic acids is 1. The van der Waals surface area contributed by atoms with Crippen molar-refractivity contribution in [1.29, 1.82) is 5.41 Å². The van der Waals surface area contributed by atoms with Gasteiger partial charge >= 0.3 is 18.1 Å². The molecular formula is C32H39F4N3O9. The lowest BCUT2D eigenvalue weighted by molar-refractivity contribution is -0.192. The minimum absolute atomic E-state index is 0.0414. The number of halogens is 4. The SMILES string of the molecule is CCOc1cc2c(c(F)c1OCC)C(=N)N(CC(=O)c1cc(N3CCC(OCC(=O)O)C3)c(O)c(C(C)(C)C)c1)C2.O=C(O)C(F)(F)F. The van der Waals surface area contributed by atoms with Crippen LogP contribution in [0.1, 0.15) is 68.1 Å². The molecule has 2 aromatic carbocycles. The van der Waals surface area contributed by atoms with Crippen LogP contribution < -0.4 is 14.4 Å². The van der Waals surface area contributed by atoms with Crippen LogP contribution in [0.2, 0.25) is 0 Å². The molecule has 0 radical (unpaired) electrons. The topological polar surface area (TPSA) is 170 Å². The van der Waals surface area contributed by atoms with Crippen molar-refractivity contribution >= 4 is 29.2 Å². The Labute approximate surface area is 274 Å². The minimum Gasteiger partial charge on any atom is -0.505 e. The molecule has 2 heterocycles. The highest BCUT2D eigenvalue weighted by atomic mass is 19.4. The Bertz CT molecular complexity index is 1560. The number of carboxylic acids is 2. The minimum atomic E-state index is -5.08. The lowest BCUT2D eigenvalue weighted by atomic mass is 9.84. The first-order chi connectivity index (χ1) is 22.3. The van der Waals surface area contributed by atoms with E-state index in [1.54, 1.807) is 32.0 Å². The molecule has 0 aromatic heterocycles. The first-order valence-corrected chi connectivity index (χ1v) is 15.0. The number of Topliss-reactive ketones (excluding diaryl/α,β-unsaturated/α-hetero) is 1. The molecule has 1 saturated heterocycles. The van der Waals surface area contributed by atoms with Crippen molar-refractivity contribution in [2.45, 2.75) is 65.3 Å². The molecule has 2 aromatic rings. The number of nitrogens with one attached hydrogen (secondary N) is 1. The second-order valence-electron chi connectivity index (χ2n) is 12.1. The zero-order chi connectivity index (χ0) is 36.1. The number of hydrogen-bond acceptors (Lipinski definition) is 9. The third kappa shape index (κ3) is 8.85. The molecule has 2 aliphatic heterocycles. The number of aliphatic carboxylic acids is 2. The number of rotatable bonds is 11. The van der Waals surface area contributed by atoms with E-state index in [4.69, 9.17) is 34.6 Å². The summed E-state index contributed by atoms with van der Waals surface area (Å²) < 4.78 is 63.7. The van der Waals surface area contributed by atoms with Crippen molar-refractivity contribution in [2.75, 3.05) is 44.4 Å². The van der Waals surface area contributed by atoms with E-state index in [0.29, 0.717) is 48.5 Å². The highest BCUT2D eigenvalue weighted by molar-refractivity contribution is 6.06. The van der Waals surface area contributed by atoms with E-state index in [9.17, 15) is 27.9 Å². The van der Waals surface area contributed by atoms with Crippen molar-refractivity contribution in [3.63, 3.8) is 0 Å². The van der Waals surface area contributed by atoms with E-state index in [0.717, 1.165) is 0 Å². The van der Waals surface area contributed by atoms with Gasteiger partial charge in [-0.1, -0.05) is 20.8 Å². The lowest BCUT2D eigenvalue weighted by Gasteiger charge is -2.27. The molecule has 0 spiro atoms. The number of hydrogen-bond donors (Lipinski definition) is 4. The Morgan fingerprint density at radius 2 is 1.67 bits per heavy atom. The van der Waals surface area contributed by atoms with Gasteiger partial charge in [-0.2, -0.15) is 13.2 Å². The van der Waals surface area contributed by atoms with Gasteiger partial charge in [-0.3, -0.25) is 10.2 Å². The number of nitrogens with zero attached hydrogens (tertiary/aromatic N) is 2. The fraction of sp³-hybridized carbons (Fsp3) is 0.500. The average Bonchev–Trinajstić information content (AvgIpc) is 3.57. The summed E-state index contributed by atoms with van der Waals surface area (Å²) in [6, 6.07) is 4.96. The van der Waals surface area contributed by atoms with E-state index < -0.39 is 36.0 Å². The number of phenols is 1. The van der Waals surface area contributed by atoms with Crippen molar-refractivity contribution in [3.8, 4) is 17.2 Å². The van der Waals surface area contributed by atoms with Gasteiger partial charge in [-0.25, -0.2) is 14.0 Å². The second-order valence-corrected chi connectivity index (χ2v) is 12.1. The summed E-state index contributed by atoms with van der Waals surface area (Å²) in [7, 11) is 0. The molecule has 16 heteroatoms. The van der Waals surface area contributed by atoms with Crippen molar-refractivity contribution in [1.82, 2.24) is 4.90 Å². The zero-order valence-electron chi connectivity index (χ0n) is 27.2. The van der Waals surface area contributed by atoms with Crippen molar-refractivity contribution in [3.05, 3.63) is 46.3 Å². The molecule has 4 rings (SSSR count). The molecule has 1 atom stereocenters. The number of fused-ring (bicyclic) bond motifs is 1. The predicted octanol–water partition coefficient (Wildman–Crippen LogP) is 4.96. The molecule has 0 bridgehead atoms. The van der Waals surface area contributed by atoms with Crippen LogP contribution >= 0.6 is 0 Å². The monoisotopic (exact) mass is 685 g/mol. The van der Waals surface area contributed by atoms with E-state index in [-0.39, 0.29) is 60.2 Å². The number of anilines is 1. The number of alkyl halides is 3. The third-order valence-electron chi connectivity index (χ3n) is 7.50. The number of phenolic OH excluding ortho intramolecular Hbond substituents is 1. The number of benzene rings is 2. The van der Waals surface area contributed by atoms with Crippen LogP contribution in [0.3, 0.4) is 0 Å². The van der Waals surface area contributed by atoms with Crippen LogP contribution in [0.4, 0.5) is 23.2 Å².